The van der Waals surface area contributed by atoms with E-state index in [2.05, 4.69) is 25.4 Å². The molecule has 25 heavy (non-hydrogen) atoms. The number of aryl methyl sites for hydroxylation is 1. The molecule has 0 saturated heterocycles. The smallest absolute Gasteiger partial charge is 0.240 e. The molecule has 0 aliphatic carbocycles. The van der Waals surface area contributed by atoms with Crippen molar-refractivity contribution in [3.05, 3.63) is 64.8 Å². The molecule has 2 N–H and O–H groups in total. The van der Waals surface area contributed by atoms with Gasteiger partial charge in [0, 0.05) is 10.6 Å². The van der Waals surface area contributed by atoms with Gasteiger partial charge in [0.1, 0.15) is 5.82 Å². The molecule has 0 aliphatic rings. The maximum atomic E-state index is 5.99. The number of aromatic nitrogens is 4. The minimum absolute atomic E-state index is 0.469. The molecule has 4 rings (SSSR count). The van der Waals surface area contributed by atoms with Gasteiger partial charge < -0.3 is 14.8 Å². The molecular weight excluding hydrogens is 338 g/mol. The molecule has 0 fully saturated rings. The molecule has 0 spiro atoms. The lowest BCUT2D eigenvalue weighted by Crippen LogP contribution is -2.13. The van der Waals surface area contributed by atoms with E-state index in [1.165, 1.54) is 0 Å². The number of H-pyrrole nitrogens is 1. The van der Waals surface area contributed by atoms with Gasteiger partial charge in [-0.1, -0.05) is 41.0 Å². The molecule has 0 atom stereocenters. The van der Waals surface area contributed by atoms with E-state index in [1.807, 2.05) is 49.4 Å². The Bertz CT molecular complexity index is 1020. The molecule has 0 saturated carbocycles. The Morgan fingerprint density at radius 2 is 2.00 bits per heavy atom. The first-order valence-electron chi connectivity index (χ1n) is 7.92. The lowest BCUT2D eigenvalue weighted by atomic mass is 10.1. The summed E-state index contributed by atoms with van der Waals surface area (Å²) in [5.74, 6) is 1.97. The highest BCUT2D eigenvalue weighted by atomic mass is 35.5. The maximum Gasteiger partial charge on any atom is 0.240 e. The summed E-state index contributed by atoms with van der Waals surface area (Å²) in [5, 5.41) is 7.99. The third-order valence-corrected chi connectivity index (χ3v) is 4.15. The van der Waals surface area contributed by atoms with E-state index in [4.69, 9.17) is 16.1 Å². The zero-order valence-electron chi connectivity index (χ0n) is 13.6. The fourth-order valence-electron chi connectivity index (χ4n) is 2.67. The Morgan fingerprint density at radius 3 is 2.88 bits per heavy atom. The average Bonchev–Trinajstić information content (AvgIpc) is 3.21. The Balaban J connectivity index is 1.41. The van der Waals surface area contributed by atoms with Gasteiger partial charge in [0.25, 0.3) is 0 Å². The molecule has 126 valence electrons. The van der Waals surface area contributed by atoms with Gasteiger partial charge in [-0.3, -0.25) is 0 Å². The first kappa shape index (κ1) is 15.8. The van der Waals surface area contributed by atoms with Crippen molar-refractivity contribution in [3.63, 3.8) is 0 Å². The number of halogens is 1. The van der Waals surface area contributed by atoms with Crippen LogP contribution in [0.1, 0.15) is 17.3 Å². The van der Waals surface area contributed by atoms with Crippen LogP contribution >= 0.6 is 11.6 Å². The molecule has 0 aliphatic heterocycles. The summed E-state index contributed by atoms with van der Waals surface area (Å²) in [5.41, 5.74) is 3.90. The van der Waals surface area contributed by atoms with Gasteiger partial charge in [-0.05, 0) is 30.7 Å². The third-order valence-electron chi connectivity index (χ3n) is 3.92. The highest BCUT2D eigenvalue weighted by molar-refractivity contribution is 6.31. The van der Waals surface area contributed by atoms with E-state index in [0.717, 1.165) is 28.0 Å². The van der Waals surface area contributed by atoms with Crippen LogP contribution in [0.25, 0.3) is 22.4 Å². The largest absolute Gasteiger partial charge is 0.341 e. The van der Waals surface area contributed by atoms with Crippen molar-refractivity contribution in [2.24, 2.45) is 0 Å². The highest BCUT2D eigenvalue weighted by Crippen LogP contribution is 2.20. The van der Waals surface area contributed by atoms with Crippen LogP contribution in [0.4, 0.5) is 0 Å². The van der Waals surface area contributed by atoms with E-state index in [0.29, 0.717) is 29.8 Å². The third kappa shape index (κ3) is 3.40. The molecule has 0 unspecified atom stereocenters. The van der Waals surface area contributed by atoms with E-state index in [1.54, 1.807) is 0 Å². The fraction of sp³-hybridized carbons (Fsp3) is 0.167. The normalized spacial score (nSPS) is 11.3. The maximum absolute atomic E-state index is 5.99. The number of aromatic amines is 1. The van der Waals surface area contributed by atoms with Crippen molar-refractivity contribution < 1.29 is 4.52 Å². The van der Waals surface area contributed by atoms with Crippen molar-refractivity contribution in [1.29, 1.82) is 0 Å². The number of imidazole rings is 1. The average molecular weight is 354 g/mol. The van der Waals surface area contributed by atoms with Crippen LogP contribution in [0.2, 0.25) is 5.02 Å². The number of nitrogens with zero attached hydrogens (tertiary/aromatic N) is 3. The van der Waals surface area contributed by atoms with Crippen molar-refractivity contribution in [2.45, 2.75) is 20.0 Å². The molecule has 7 heteroatoms. The van der Waals surface area contributed by atoms with Crippen LogP contribution in [-0.2, 0) is 13.1 Å². The van der Waals surface area contributed by atoms with Crippen LogP contribution in [0.3, 0.4) is 0 Å². The van der Waals surface area contributed by atoms with Crippen molar-refractivity contribution in [2.75, 3.05) is 0 Å². The minimum atomic E-state index is 0.469. The van der Waals surface area contributed by atoms with Crippen LogP contribution in [-0.4, -0.2) is 20.1 Å². The van der Waals surface area contributed by atoms with Crippen LogP contribution in [0.5, 0.6) is 0 Å². The van der Waals surface area contributed by atoms with Gasteiger partial charge in [-0.15, -0.1) is 0 Å². The Hall–Kier alpha value is -2.70. The minimum Gasteiger partial charge on any atom is -0.341 e. The fourth-order valence-corrected chi connectivity index (χ4v) is 2.84. The predicted octanol–water partition coefficient (Wildman–Crippen LogP) is 3.86. The molecule has 2 aromatic heterocycles. The molecule has 6 nitrogen and oxygen atoms in total. The summed E-state index contributed by atoms with van der Waals surface area (Å²) in [7, 11) is 0. The van der Waals surface area contributed by atoms with Crippen molar-refractivity contribution >= 4 is 22.6 Å². The molecule has 2 aromatic carbocycles. The summed E-state index contributed by atoms with van der Waals surface area (Å²) in [6.45, 7) is 3.06. The molecule has 2 heterocycles. The van der Waals surface area contributed by atoms with E-state index in [-0.39, 0.29) is 0 Å². The van der Waals surface area contributed by atoms with Gasteiger partial charge in [0.15, 0.2) is 0 Å². The van der Waals surface area contributed by atoms with E-state index in [9.17, 15) is 0 Å². The number of hydrogen-bond donors (Lipinski definition) is 2. The van der Waals surface area contributed by atoms with Gasteiger partial charge in [0.2, 0.25) is 11.7 Å². The molecule has 0 amide bonds. The summed E-state index contributed by atoms with van der Waals surface area (Å²) in [4.78, 5) is 12.2. The second-order valence-corrected chi connectivity index (χ2v) is 6.21. The SMILES string of the molecule is Cc1ccccc1-c1noc(CNCc2nc3ccc(Cl)cc3[nH]2)n1. The number of fused-ring (bicyclic) bond motifs is 1. The van der Waals surface area contributed by atoms with Crippen molar-refractivity contribution in [1.82, 2.24) is 25.4 Å². The second-order valence-electron chi connectivity index (χ2n) is 5.78. The number of nitrogens with one attached hydrogen (secondary N) is 2. The lowest BCUT2D eigenvalue weighted by molar-refractivity contribution is 0.367. The number of rotatable bonds is 5. The Kier molecular flexibility index (Phi) is 4.21. The summed E-state index contributed by atoms with van der Waals surface area (Å²) >= 11 is 5.99. The second kappa shape index (κ2) is 6.66. The first-order chi connectivity index (χ1) is 12.2. The molecule has 0 radical (unpaired) electrons. The van der Waals surface area contributed by atoms with E-state index < -0.39 is 0 Å². The zero-order valence-corrected chi connectivity index (χ0v) is 14.3. The standard InChI is InChI=1S/C18H16ClN5O/c1-11-4-2-3-5-13(11)18-23-17(25-24-18)10-20-9-16-21-14-7-6-12(19)8-15(14)22-16/h2-8,20H,9-10H2,1H3,(H,21,22). The quantitative estimate of drug-likeness (QED) is 0.569. The molecular formula is C18H16ClN5O. The summed E-state index contributed by atoms with van der Waals surface area (Å²) < 4.78 is 5.31. The zero-order chi connectivity index (χ0) is 17.2. The lowest BCUT2D eigenvalue weighted by Gasteiger charge is -1.98. The van der Waals surface area contributed by atoms with Crippen LogP contribution in [0.15, 0.2) is 47.0 Å². The Morgan fingerprint density at radius 1 is 1.12 bits per heavy atom. The topological polar surface area (TPSA) is 79.6 Å². The predicted molar refractivity (Wildman–Crippen MR) is 96.1 cm³/mol. The highest BCUT2D eigenvalue weighted by Gasteiger charge is 2.10. The van der Waals surface area contributed by atoms with Gasteiger partial charge in [-0.25, -0.2) is 4.98 Å². The van der Waals surface area contributed by atoms with Crippen LogP contribution < -0.4 is 5.32 Å². The number of benzene rings is 2. The summed E-state index contributed by atoms with van der Waals surface area (Å²) in [6, 6.07) is 13.5. The van der Waals surface area contributed by atoms with Crippen LogP contribution in [0, 0.1) is 6.92 Å². The van der Waals surface area contributed by atoms with Gasteiger partial charge >= 0.3 is 0 Å². The summed E-state index contributed by atoms with van der Waals surface area (Å²) in [6.07, 6.45) is 0. The van der Waals surface area contributed by atoms with Gasteiger partial charge in [0.05, 0.1) is 24.1 Å². The molecule has 0 bridgehead atoms. The van der Waals surface area contributed by atoms with Gasteiger partial charge in [-0.2, -0.15) is 4.98 Å². The van der Waals surface area contributed by atoms with E-state index >= 15 is 0 Å². The monoisotopic (exact) mass is 353 g/mol. The Labute approximate surface area is 149 Å². The first-order valence-corrected chi connectivity index (χ1v) is 8.30. The van der Waals surface area contributed by atoms with Crippen molar-refractivity contribution in [3.8, 4) is 11.4 Å². The molecule has 4 aromatic rings. The number of hydrogen-bond acceptors (Lipinski definition) is 5.